The first-order valence-corrected chi connectivity index (χ1v) is 12.2. The third-order valence-electron chi connectivity index (χ3n) is 5.59. The molecular weight excluding hydrogens is 404 g/mol. The number of thioether (sulfide) groups is 1. The number of aryl methyl sites for hydroxylation is 2. The van der Waals surface area contributed by atoms with Gasteiger partial charge in [0.25, 0.3) is 0 Å². The quantitative estimate of drug-likeness (QED) is 0.469. The van der Waals surface area contributed by atoms with Gasteiger partial charge in [0.2, 0.25) is 11.8 Å². The lowest BCUT2D eigenvalue weighted by atomic mass is 10.1. The molecule has 0 saturated carbocycles. The number of amides is 2. The molecule has 4 nitrogen and oxygen atoms in total. The molecule has 2 atom stereocenters. The lowest BCUT2D eigenvalue weighted by Crippen LogP contribution is -2.50. The Morgan fingerprint density at radius 2 is 1.68 bits per heavy atom. The molecule has 2 rings (SSSR count). The van der Waals surface area contributed by atoms with E-state index in [9.17, 15) is 9.59 Å². The van der Waals surface area contributed by atoms with E-state index in [1.165, 1.54) is 5.56 Å². The summed E-state index contributed by atoms with van der Waals surface area (Å²) in [6.07, 6.45) is 1.85. The van der Waals surface area contributed by atoms with Crippen molar-refractivity contribution < 1.29 is 9.59 Å². The molecule has 5 heteroatoms. The van der Waals surface area contributed by atoms with E-state index >= 15 is 0 Å². The monoisotopic (exact) mass is 440 g/mol. The summed E-state index contributed by atoms with van der Waals surface area (Å²) in [5.74, 6) is 0.647. The highest BCUT2D eigenvalue weighted by Gasteiger charge is 2.29. The van der Waals surface area contributed by atoms with Gasteiger partial charge in [-0.15, -0.1) is 11.8 Å². The van der Waals surface area contributed by atoms with Gasteiger partial charge >= 0.3 is 0 Å². The highest BCUT2D eigenvalue weighted by atomic mass is 32.2. The summed E-state index contributed by atoms with van der Waals surface area (Å²) in [6.45, 7) is 10.6. The largest absolute Gasteiger partial charge is 0.352 e. The van der Waals surface area contributed by atoms with Gasteiger partial charge in [0.1, 0.15) is 6.04 Å². The Morgan fingerprint density at radius 1 is 1.00 bits per heavy atom. The van der Waals surface area contributed by atoms with Crippen LogP contribution >= 0.6 is 11.8 Å². The van der Waals surface area contributed by atoms with Crippen LogP contribution in [-0.4, -0.2) is 34.6 Å². The van der Waals surface area contributed by atoms with Gasteiger partial charge in [0.15, 0.2) is 0 Å². The van der Waals surface area contributed by atoms with Crippen molar-refractivity contribution >= 4 is 23.6 Å². The van der Waals surface area contributed by atoms with Gasteiger partial charge in [-0.2, -0.15) is 0 Å². The molecule has 31 heavy (non-hydrogen) atoms. The molecule has 0 spiro atoms. The third kappa shape index (κ3) is 7.73. The highest BCUT2D eigenvalue weighted by molar-refractivity contribution is 7.99. The van der Waals surface area contributed by atoms with Crippen molar-refractivity contribution in [2.75, 3.05) is 5.75 Å². The van der Waals surface area contributed by atoms with Crippen LogP contribution in [0.1, 0.15) is 56.7 Å². The van der Waals surface area contributed by atoms with Crippen LogP contribution in [0.5, 0.6) is 0 Å². The first-order chi connectivity index (χ1) is 14.8. The van der Waals surface area contributed by atoms with E-state index in [1.54, 1.807) is 16.7 Å². The predicted octanol–water partition coefficient (Wildman–Crippen LogP) is 5.51. The molecule has 2 aromatic rings. The average molecular weight is 441 g/mol. The van der Waals surface area contributed by atoms with Crippen LogP contribution in [0.2, 0.25) is 0 Å². The van der Waals surface area contributed by atoms with Crippen molar-refractivity contribution in [3.8, 4) is 0 Å². The van der Waals surface area contributed by atoms with Crippen molar-refractivity contribution in [3.05, 3.63) is 65.2 Å². The fraction of sp³-hybridized carbons (Fsp3) is 0.462. The second-order valence-corrected chi connectivity index (χ2v) is 9.27. The van der Waals surface area contributed by atoms with E-state index < -0.39 is 6.04 Å². The summed E-state index contributed by atoms with van der Waals surface area (Å²) >= 11 is 1.68. The molecule has 2 unspecified atom stereocenters. The topological polar surface area (TPSA) is 49.4 Å². The molecule has 1 N–H and O–H groups in total. The SMILES string of the molecule is CCC(C)NC(=O)C(CC)N(Cc1ccccc1C)C(=O)CCSc1ccc(C)cc1. The fourth-order valence-corrected chi connectivity index (χ4v) is 4.21. The smallest absolute Gasteiger partial charge is 0.243 e. The number of carbonyl (C=O) groups is 2. The Labute approximate surface area is 191 Å². The first-order valence-electron chi connectivity index (χ1n) is 11.2. The van der Waals surface area contributed by atoms with Crippen LogP contribution in [0.4, 0.5) is 0 Å². The Hall–Kier alpha value is -2.27. The number of nitrogens with zero attached hydrogens (tertiary/aromatic N) is 1. The van der Waals surface area contributed by atoms with E-state index in [-0.39, 0.29) is 17.9 Å². The summed E-state index contributed by atoms with van der Waals surface area (Å²) in [7, 11) is 0. The van der Waals surface area contributed by atoms with Crippen LogP contribution in [0.3, 0.4) is 0 Å². The van der Waals surface area contributed by atoms with Gasteiger partial charge in [-0.05, 0) is 56.9 Å². The van der Waals surface area contributed by atoms with E-state index in [4.69, 9.17) is 0 Å². The molecule has 2 aromatic carbocycles. The normalized spacial score (nSPS) is 12.8. The number of hydrogen-bond acceptors (Lipinski definition) is 3. The van der Waals surface area contributed by atoms with Gasteiger partial charge in [-0.1, -0.05) is 55.8 Å². The Bertz CT molecular complexity index is 851. The third-order valence-corrected chi connectivity index (χ3v) is 6.61. The number of carbonyl (C=O) groups excluding carboxylic acids is 2. The maximum Gasteiger partial charge on any atom is 0.243 e. The summed E-state index contributed by atoms with van der Waals surface area (Å²) in [5, 5.41) is 3.07. The second-order valence-electron chi connectivity index (χ2n) is 8.10. The van der Waals surface area contributed by atoms with Gasteiger partial charge < -0.3 is 10.2 Å². The first kappa shape index (κ1) is 25.0. The zero-order valence-corrected chi connectivity index (χ0v) is 20.3. The molecule has 0 bridgehead atoms. The second kappa shape index (κ2) is 12.6. The summed E-state index contributed by atoms with van der Waals surface area (Å²) < 4.78 is 0. The Kier molecular flexibility index (Phi) is 10.1. The van der Waals surface area contributed by atoms with Crippen LogP contribution < -0.4 is 5.32 Å². The van der Waals surface area contributed by atoms with E-state index in [2.05, 4.69) is 36.5 Å². The molecule has 0 saturated heterocycles. The molecule has 0 aromatic heterocycles. The van der Waals surface area contributed by atoms with Crippen molar-refractivity contribution in [2.45, 2.75) is 77.4 Å². The van der Waals surface area contributed by atoms with Crippen LogP contribution in [0, 0.1) is 13.8 Å². The van der Waals surface area contributed by atoms with E-state index in [0.29, 0.717) is 25.1 Å². The van der Waals surface area contributed by atoms with Crippen LogP contribution in [0.15, 0.2) is 53.4 Å². The van der Waals surface area contributed by atoms with Crippen LogP contribution in [-0.2, 0) is 16.1 Å². The minimum atomic E-state index is -0.467. The Balaban J connectivity index is 2.14. The fourth-order valence-electron chi connectivity index (χ4n) is 3.37. The minimum Gasteiger partial charge on any atom is -0.352 e. The zero-order chi connectivity index (χ0) is 22.8. The maximum atomic E-state index is 13.3. The molecule has 168 valence electrons. The molecule has 0 aliphatic heterocycles. The molecular formula is C26H36N2O2S. The Morgan fingerprint density at radius 3 is 2.29 bits per heavy atom. The lowest BCUT2D eigenvalue weighted by molar-refractivity contribution is -0.141. The number of benzene rings is 2. The van der Waals surface area contributed by atoms with E-state index in [0.717, 1.165) is 22.4 Å². The van der Waals surface area contributed by atoms with Crippen molar-refractivity contribution in [2.24, 2.45) is 0 Å². The summed E-state index contributed by atoms with van der Waals surface area (Å²) in [5.41, 5.74) is 3.44. The lowest BCUT2D eigenvalue weighted by Gasteiger charge is -2.32. The summed E-state index contributed by atoms with van der Waals surface area (Å²) in [6, 6.07) is 16.0. The van der Waals surface area contributed by atoms with Gasteiger partial charge in [0.05, 0.1) is 0 Å². The zero-order valence-electron chi connectivity index (χ0n) is 19.5. The van der Waals surface area contributed by atoms with Crippen molar-refractivity contribution in [1.82, 2.24) is 10.2 Å². The minimum absolute atomic E-state index is 0.0222. The molecule has 0 radical (unpaired) electrons. The molecule has 2 amide bonds. The number of hydrogen-bond donors (Lipinski definition) is 1. The predicted molar refractivity (Wildman–Crippen MR) is 130 cm³/mol. The van der Waals surface area contributed by atoms with Gasteiger partial charge in [0, 0.05) is 29.7 Å². The van der Waals surface area contributed by atoms with E-state index in [1.807, 2.05) is 52.0 Å². The highest BCUT2D eigenvalue weighted by Crippen LogP contribution is 2.21. The van der Waals surface area contributed by atoms with Crippen molar-refractivity contribution in [1.29, 1.82) is 0 Å². The number of nitrogens with one attached hydrogen (secondary N) is 1. The molecule has 0 fully saturated rings. The van der Waals surface area contributed by atoms with Gasteiger partial charge in [-0.3, -0.25) is 9.59 Å². The van der Waals surface area contributed by atoms with Crippen molar-refractivity contribution in [3.63, 3.8) is 0 Å². The maximum absolute atomic E-state index is 13.3. The standard InChI is InChI=1S/C26H36N2O2S/c1-6-21(5)27-26(30)24(7-2)28(18-22-11-9-8-10-20(22)4)25(29)16-17-31-23-14-12-19(3)13-15-23/h8-15,21,24H,6-7,16-18H2,1-5H3,(H,27,30). The number of rotatable bonds is 11. The average Bonchev–Trinajstić information content (AvgIpc) is 2.76. The molecule has 0 heterocycles. The van der Waals surface area contributed by atoms with Gasteiger partial charge in [-0.25, -0.2) is 0 Å². The summed E-state index contributed by atoms with van der Waals surface area (Å²) in [4.78, 5) is 29.2. The molecule has 0 aliphatic rings. The molecule has 0 aliphatic carbocycles. The van der Waals surface area contributed by atoms with Crippen LogP contribution in [0.25, 0.3) is 0 Å².